The number of pyridine rings is 1. The van der Waals surface area contributed by atoms with E-state index in [1.807, 2.05) is 19.2 Å². The van der Waals surface area contributed by atoms with Gasteiger partial charge in [-0.15, -0.1) is 0 Å². The SMILES string of the molecule is [C-]#[N+]c1ccc(C(=O)NC2(c3ccc(-c4cnc(OC)cc4C)cc3)CCC2)cc1. The van der Waals surface area contributed by atoms with Crippen LogP contribution in [-0.4, -0.2) is 18.0 Å². The molecule has 0 radical (unpaired) electrons. The Balaban J connectivity index is 1.56. The molecule has 0 atom stereocenters. The molecule has 1 aliphatic carbocycles. The third-order valence-corrected chi connectivity index (χ3v) is 5.86. The lowest BCUT2D eigenvalue weighted by molar-refractivity contribution is 0.0823. The summed E-state index contributed by atoms with van der Waals surface area (Å²) in [6.45, 7) is 9.09. The zero-order valence-corrected chi connectivity index (χ0v) is 17.1. The van der Waals surface area contributed by atoms with E-state index in [4.69, 9.17) is 11.3 Å². The molecule has 0 aliphatic heterocycles. The van der Waals surface area contributed by atoms with E-state index in [1.54, 1.807) is 31.4 Å². The summed E-state index contributed by atoms with van der Waals surface area (Å²) in [6.07, 6.45) is 4.75. The van der Waals surface area contributed by atoms with Crippen molar-refractivity contribution in [1.82, 2.24) is 10.3 Å². The number of amides is 1. The minimum atomic E-state index is -0.332. The maximum atomic E-state index is 12.8. The van der Waals surface area contributed by atoms with Gasteiger partial charge in [0.2, 0.25) is 5.88 Å². The van der Waals surface area contributed by atoms with Crippen LogP contribution >= 0.6 is 0 Å². The molecule has 2 aromatic carbocycles. The van der Waals surface area contributed by atoms with Gasteiger partial charge >= 0.3 is 0 Å². The van der Waals surface area contributed by atoms with E-state index >= 15 is 0 Å². The standard InChI is InChI=1S/C25H23N3O2/c1-17-15-23(30-3)27-16-22(17)18-5-9-20(10-6-18)25(13-4-14-25)28-24(29)19-7-11-21(26-2)12-8-19/h5-12,15-16H,4,13-14H2,1,3H3,(H,28,29). The number of ether oxygens (including phenoxy) is 1. The Bertz CT molecular complexity index is 1110. The summed E-state index contributed by atoms with van der Waals surface area (Å²) in [5.41, 5.74) is 5.14. The van der Waals surface area contributed by atoms with Crippen molar-refractivity contribution in [2.75, 3.05) is 7.11 Å². The lowest BCUT2D eigenvalue weighted by Crippen LogP contribution is -2.50. The minimum absolute atomic E-state index is 0.106. The number of nitrogens with zero attached hydrogens (tertiary/aromatic N) is 2. The summed E-state index contributed by atoms with van der Waals surface area (Å²) in [5, 5.41) is 3.24. The first kappa shape index (κ1) is 19.7. The molecule has 1 fully saturated rings. The number of hydrogen-bond acceptors (Lipinski definition) is 3. The predicted molar refractivity (Wildman–Crippen MR) is 117 cm³/mol. The monoisotopic (exact) mass is 397 g/mol. The van der Waals surface area contributed by atoms with E-state index in [0.717, 1.165) is 41.5 Å². The zero-order valence-electron chi connectivity index (χ0n) is 17.1. The summed E-state index contributed by atoms with van der Waals surface area (Å²) >= 11 is 0. The van der Waals surface area contributed by atoms with Gasteiger partial charge in [0.15, 0.2) is 5.69 Å². The van der Waals surface area contributed by atoms with E-state index in [1.165, 1.54) is 0 Å². The fraction of sp³-hybridized carbons (Fsp3) is 0.240. The molecule has 0 saturated heterocycles. The highest BCUT2D eigenvalue weighted by molar-refractivity contribution is 5.95. The number of benzene rings is 2. The van der Waals surface area contributed by atoms with E-state index in [0.29, 0.717) is 17.1 Å². The van der Waals surface area contributed by atoms with Gasteiger partial charge in [0.25, 0.3) is 5.91 Å². The van der Waals surface area contributed by atoms with Crippen LogP contribution in [0.15, 0.2) is 60.8 Å². The third kappa shape index (κ3) is 3.65. The van der Waals surface area contributed by atoms with Crippen LogP contribution in [-0.2, 0) is 5.54 Å². The number of methoxy groups -OCH3 is 1. The van der Waals surface area contributed by atoms with E-state index in [2.05, 4.69) is 39.4 Å². The normalized spacial score (nSPS) is 14.3. The molecule has 1 saturated carbocycles. The van der Waals surface area contributed by atoms with Crippen LogP contribution < -0.4 is 10.1 Å². The molecule has 0 unspecified atom stereocenters. The first-order valence-corrected chi connectivity index (χ1v) is 9.96. The summed E-state index contributed by atoms with van der Waals surface area (Å²) in [4.78, 5) is 20.5. The van der Waals surface area contributed by atoms with Gasteiger partial charge in [-0.1, -0.05) is 48.5 Å². The fourth-order valence-electron chi connectivity index (χ4n) is 3.91. The average Bonchev–Trinajstić information content (AvgIpc) is 2.76. The summed E-state index contributed by atoms with van der Waals surface area (Å²) in [5.74, 6) is 0.499. The minimum Gasteiger partial charge on any atom is -0.481 e. The van der Waals surface area contributed by atoms with Crippen molar-refractivity contribution >= 4 is 11.6 Å². The lowest BCUT2D eigenvalue weighted by atomic mass is 9.71. The van der Waals surface area contributed by atoms with Gasteiger partial charge in [0.1, 0.15) is 0 Å². The van der Waals surface area contributed by atoms with E-state index in [-0.39, 0.29) is 11.4 Å². The molecule has 0 spiro atoms. The molecule has 4 rings (SSSR count). The molecule has 150 valence electrons. The molecule has 5 heteroatoms. The number of aryl methyl sites for hydroxylation is 1. The Hall–Kier alpha value is -3.65. The van der Waals surface area contributed by atoms with Gasteiger partial charge in [-0.25, -0.2) is 9.83 Å². The molecular formula is C25H23N3O2. The number of rotatable bonds is 5. The molecule has 1 aliphatic rings. The fourth-order valence-corrected chi connectivity index (χ4v) is 3.91. The van der Waals surface area contributed by atoms with Crippen LogP contribution in [0.2, 0.25) is 0 Å². The number of carbonyl (C=O) groups is 1. The number of hydrogen-bond donors (Lipinski definition) is 1. The van der Waals surface area contributed by atoms with Crippen molar-refractivity contribution in [1.29, 1.82) is 0 Å². The second kappa shape index (κ2) is 8.00. The Kier molecular flexibility index (Phi) is 5.24. The molecule has 30 heavy (non-hydrogen) atoms. The van der Waals surface area contributed by atoms with Gasteiger partial charge in [0, 0.05) is 23.4 Å². The molecule has 0 bridgehead atoms. The second-order valence-electron chi connectivity index (χ2n) is 7.67. The van der Waals surface area contributed by atoms with Crippen LogP contribution in [0.4, 0.5) is 5.69 Å². The van der Waals surface area contributed by atoms with Crippen molar-refractivity contribution in [2.45, 2.75) is 31.7 Å². The maximum Gasteiger partial charge on any atom is 0.251 e. The van der Waals surface area contributed by atoms with Gasteiger partial charge in [-0.3, -0.25) is 4.79 Å². The molecule has 1 amide bonds. The lowest BCUT2D eigenvalue weighted by Gasteiger charge is -2.43. The number of aromatic nitrogens is 1. The topological polar surface area (TPSA) is 55.6 Å². The predicted octanol–water partition coefficient (Wildman–Crippen LogP) is 5.43. The molecule has 1 heterocycles. The van der Waals surface area contributed by atoms with Crippen molar-refractivity contribution in [2.24, 2.45) is 0 Å². The van der Waals surface area contributed by atoms with Crippen molar-refractivity contribution < 1.29 is 9.53 Å². The van der Waals surface area contributed by atoms with Crippen LogP contribution in [0.25, 0.3) is 16.0 Å². The van der Waals surface area contributed by atoms with Crippen molar-refractivity contribution in [3.05, 3.63) is 88.9 Å². The van der Waals surface area contributed by atoms with E-state index < -0.39 is 0 Å². The van der Waals surface area contributed by atoms with Crippen LogP contribution in [0.1, 0.15) is 40.7 Å². The van der Waals surface area contributed by atoms with Gasteiger partial charge in [-0.05, 0) is 42.9 Å². The van der Waals surface area contributed by atoms with Crippen molar-refractivity contribution in [3.8, 4) is 17.0 Å². The maximum absolute atomic E-state index is 12.8. The van der Waals surface area contributed by atoms with Crippen LogP contribution in [0.5, 0.6) is 5.88 Å². The highest BCUT2D eigenvalue weighted by Gasteiger charge is 2.40. The smallest absolute Gasteiger partial charge is 0.251 e. The highest BCUT2D eigenvalue weighted by Crippen LogP contribution is 2.42. The van der Waals surface area contributed by atoms with Gasteiger partial charge in [-0.2, -0.15) is 0 Å². The first-order valence-electron chi connectivity index (χ1n) is 9.96. The van der Waals surface area contributed by atoms with Crippen LogP contribution in [0.3, 0.4) is 0 Å². The highest BCUT2D eigenvalue weighted by atomic mass is 16.5. The largest absolute Gasteiger partial charge is 0.481 e. The molecule has 1 aromatic heterocycles. The summed E-state index contributed by atoms with van der Waals surface area (Å²) in [7, 11) is 1.61. The van der Waals surface area contributed by atoms with Crippen molar-refractivity contribution in [3.63, 3.8) is 0 Å². The summed E-state index contributed by atoms with van der Waals surface area (Å²) in [6, 6.07) is 17.1. The number of carbonyl (C=O) groups excluding carboxylic acids is 1. The first-order chi connectivity index (χ1) is 14.5. The van der Waals surface area contributed by atoms with Gasteiger partial charge < -0.3 is 10.1 Å². The Morgan fingerprint density at radius 3 is 2.37 bits per heavy atom. The van der Waals surface area contributed by atoms with E-state index in [9.17, 15) is 4.79 Å². The molecule has 3 aromatic rings. The molecule has 5 nitrogen and oxygen atoms in total. The zero-order chi connectivity index (χ0) is 21.1. The molecule has 1 N–H and O–H groups in total. The van der Waals surface area contributed by atoms with Gasteiger partial charge in [0.05, 0.1) is 19.2 Å². The Labute approximate surface area is 176 Å². The molecular weight excluding hydrogens is 374 g/mol. The van der Waals surface area contributed by atoms with Crippen LogP contribution in [0, 0.1) is 13.5 Å². The quantitative estimate of drug-likeness (QED) is 0.585. The third-order valence-electron chi connectivity index (χ3n) is 5.86. The summed E-state index contributed by atoms with van der Waals surface area (Å²) < 4.78 is 5.19. The number of nitrogens with one attached hydrogen (secondary N) is 1. The Morgan fingerprint density at radius 1 is 1.13 bits per heavy atom. The Morgan fingerprint density at radius 2 is 1.83 bits per heavy atom. The average molecular weight is 397 g/mol. The second-order valence-corrected chi connectivity index (χ2v) is 7.67.